The van der Waals surface area contributed by atoms with Gasteiger partial charge in [0.05, 0.1) is 9.82 Å². The SMILES string of the molecule is CC(=O)c1ccc(N2CCN(S(=O)(=O)c3ccc4ccccc4c3)CC2)c([N+](=O)[O-])c1. The molecule has 4 rings (SSSR count). The Morgan fingerprint density at radius 1 is 0.935 bits per heavy atom. The molecule has 160 valence electrons. The number of nitrogens with zero attached hydrogens (tertiary/aromatic N) is 3. The summed E-state index contributed by atoms with van der Waals surface area (Å²) in [5.41, 5.74) is 0.504. The van der Waals surface area contributed by atoms with E-state index >= 15 is 0 Å². The first kappa shape index (κ1) is 21.0. The van der Waals surface area contributed by atoms with Crippen LogP contribution in [0.4, 0.5) is 11.4 Å². The maximum Gasteiger partial charge on any atom is 0.293 e. The Balaban J connectivity index is 1.55. The van der Waals surface area contributed by atoms with E-state index in [-0.39, 0.29) is 35.0 Å². The van der Waals surface area contributed by atoms with Crippen LogP contribution in [-0.4, -0.2) is 49.6 Å². The molecule has 0 N–H and O–H groups in total. The smallest absolute Gasteiger partial charge is 0.293 e. The van der Waals surface area contributed by atoms with Crippen LogP contribution in [0.3, 0.4) is 0 Å². The number of ketones is 1. The molecule has 1 saturated heterocycles. The number of carbonyl (C=O) groups excluding carboxylic acids is 1. The second-order valence-corrected chi connectivity index (χ2v) is 9.35. The maximum absolute atomic E-state index is 13.1. The average molecular weight is 439 g/mol. The van der Waals surface area contributed by atoms with Crippen LogP contribution in [0.1, 0.15) is 17.3 Å². The average Bonchev–Trinajstić information content (AvgIpc) is 2.78. The van der Waals surface area contributed by atoms with Crippen LogP contribution < -0.4 is 4.90 Å². The summed E-state index contributed by atoms with van der Waals surface area (Å²) in [6.07, 6.45) is 0. The molecule has 0 saturated carbocycles. The first-order chi connectivity index (χ1) is 14.8. The molecule has 0 aromatic heterocycles. The van der Waals surface area contributed by atoms with Gasteiger partial charge in [0, 0.05) is 37.8 Å². The van der Waals surface area contributed by atoms with Gasteiger partial charge in [0.15, 0.2) is 5.78 Å². The van der Waals surface area contributed by atoms with Crippen molar-refractivity contribution in [2.75, 3.05) is 31.1 Å². The molecule has 1 aliphatic heterocycles. The molecule has 1 fully saturated rings. The number of benzene rings is 3. The van der Waals surface area contributed by atoms with Gasteiger partial charge in [0.25, 0.3) is 5.69 Å². The number of carbonyl (C=O) groups is 1. The van der Waals surface area contributed by atoms with Gasteiger partial charge in [-0.15, -0.1) is 0 Å². The van der Waals surface area contributed by atoms with E-state index in [1.165, 1.54) is 17.3 Å². The molecule has 0 radical (unpaired) electrons. The fraction of sp³-hybridized carbons (Fsp3) is 0.227. The Labute approximate surface area is 179 Å². The van der Waals surface area contributed by atoms with Crippen LogP contribution in [0.2, 0.25) is 0 Å². The number of piperazine rings is 1. The number of nitro groups is 1. The molecule has 1 aliphatic rings. The summed E-state index contributed by atoms with van der Waals surface area (Å²) in [6.45, 7) is 2.40. The number of hydrogen-bond acceptors (Lipinski definition) is 6. The van der Waals surface area contributed by atoms with Gasteiger partial charge in [-0.2, -0.15) is 4.31 Å². The zero-order chi connectivity index (χ0) is 22.2. The molecular formula is C22H21N3O5S. The summed E-state index contributed by atoms with van der Waals surface area (Å²) in [4.78, 5) is 24.6. The third-order valence-electron chi connectivity index (χ3n) is 5.52. The number of anilines is 1. The summed E-state index contributed by atoms with van der Waals surface area (Å²) in [7, 11) is -3.68. The van der Waals surface area contributed by atoms with Gasteiger partial charge in [-0.3, -0.25) is 14.9 Å². The highest BCUT2D eigenvalue weighted by molar-refractivity contribution is 7.89. The van der Waals surface area contributed by atoms with Crippen molar-refractivity contribution in [1.29, 1.82) is 0 Å². The summed E-state index contributed by atoms with van der Waals surface area (Å²) < 4.78 is 27.7. The molecule has 0 aliphatic carbocycles. The van der Waals surface area contributed by atoms with Crippen LogP contribution in [-0.2, 0) is 10.0 Å². The molecule has 1 heterocycles. The third-order valence-corrected chi connectivity index (χ3v) is 7.41. The van der Waals surface area contributed by atoms with Gasteiger partial charge in [-0.05, 0) is 42.0 Å². The molecular weight excluding hydrogens is 418 g/mol. The second-order valence-electron chi connectivity index (χ2n) is 7.42. The summed E-state index contributed by atoms with van der Waals surface area (Å²) in [6, 6.07) is 17.0. The van der Waals surface area contributed by atoms with Gasteiger partial charge in [-0.1, -0.05) is 30.3 Å². The van der Waals surface area contributed by atoms with Gasteiger partial charge >= 0.3 is 0 Å². The lowest BCUT2D eigenvalue weighted by atomic mass is 10.1. The lowest BCUT2D eigenvalue weighted by Crippen LogP contribution is -2.48. The Hall–Kier alpha value is -3.30. The van der Waals surface area contributed by atoms with Crippen molar-refractivity contribution in [1.82, 2.24) is 4.31 Å². The summed E-state index contributed by atoms with van der Waals surface area (Å²) >= 11 is 0. The van der Waals surface area contributed by atoms with Gasteiger partial charge in [0.2, 0.25) is 10.0 Å². The minimum atomic E-state index is -3.68. The van der Waals surface area contributed by atoms with Crippen molar-refractivity contribution in [3.63, 3.8) is 0 Å². The Kier molecular flexibility index (Phi) is 5.47. The largest absolute Gasteiger partial charge is 0.363 e. The van der Waals surface area contributed by atoms with Crippen molar-refractivity contribution in [2.24, 2.45) is 0 Å². The van der Waals surface area contributed by atoms with E-state index in [1.807, 2.05) is 24.3 Å². The normalized spacial score (nSPS) is 15.2. The second kappa shape index (κ2) is 8.09. The van der Waals surface area contributed by atoms with E-state index in [2.05, 4.69) is 0 Å². The molecule has 8 nitrogen and oxygen atoms in total. The zero-order valence-corrected chi connectivity index (χ0v) is 17.7. The first-order valence-corrected chi connectivity index (χ1v) is 11.2. The number of sulfonamides is 1. The van der Waals surface area contributed by atoms with E-state index in [0.29, 0.717) is 18.8 Å². The van der Waals surface area contributed by atoms with Crippen LogP contribution in [0.15, 0.2) is 65.6 Å². The minimum absolute atomic E-state index is 0.154. The van der Waals surface area contributed by atoms with Crippen LogP contribution in [0.25, 0.3) is 10.8 Å². The number of Topliss-reactive ketones (excluding diaryl/α,β-unsaturated/α-hetero) is 1. The standard InChI is InChI=1S/C22H21N3O5S/c1-16(26)18-7-9-21(22(15-18)25(27)28)23-10-12-24(13-11-23)31(29,30)20-8-6-17-4-2-3-5-19(17)14-20/h2-9,14-15H,10-13H2,1H3. The lowest BCUT2D eigenvalue weighted by molar-refractivity contribution is -0.384. The highest BCUT2D eigenvalue weighted by Gasteiger charge is 2.31. The van der Waals surface area contributed by atoms with Crippen molar-refractivity contribution in [2.45, 2.75) is 11.8 Å². The van der Waals surface area contributed by atoms with Gasteiger partial charge in [0.1, 0.15) is 5.69 Å². The molecule has 9 heteroatoms. The number of fused-ring (bicyclic) bond motifs is 1. The first-order valence-electron chi connectivity index (χ1n) is 9.80. The van der Waals surface area contributed by atoms with E-state index < -0.39 is 14.9 Å². The van der Waals surface area contributed by atoms with E-state index in [1.54, 1.807) is 35.2 Å². The Morgan fingerprint density at radius 2 is 1.61 bits per heavy atom. The highest BCUT2D eigenvalue weighted by atomic mass is 32.2. The quantitative estimate of drug-likeness (QED) is 0.343. The Morgan fingerprint density at radius 3 is 2.26 bits per heavy atom. The third kappa shape index (κ3) is 4.01. The van der Waals surface area contributed by atoms with Crippen LogP contribution >= 0.6 is 0 Å². The van der Waals surface area contributed by atoms with Crippen molar-refractivity contribution >= 4 is 38.0 Å². The summed E-state index contributed by atoms with van der Waals surface area (Å²) in [5, 5.41) is 13.3. The molecule has 3 aromatic carbocycles. The fourth-order valence-electron chi connectivity index (χ4n) is 3.80. The van der Waals surface area contributed by atoms with Crippen LogP contribution in [0.5, 0.6) is 0 Å². The van der Waals surface area contributed by atoms with Gasteiger partial charge in [-0.25, -0.2) is 8.42 Å². The van der Waals surface area contributed by atoms with E-state index in [4.69, 9.17) is 0 Å². The molecule has 0 atom stereocenters. The van der Waals surface area contributed by atoms with Crippen molar-refractivity contribution in [3.8, 4) is 0 Å². The fourth-order valence-corrected chi connectivity index (χ4v) is 5.26. The molecule has 0 amide bonds. The monoisotopic (exact) mass is 439 g/mol. The van der Waals surface area contributed by atoms with E-state index in [0.717, 1.165) is 10.8 Å². The molecule has 0 bridgehead atoms. The maximum atomic E-state index is 13.1. The molecule has 0 unspecified atom stereocenters. The topological polar surface area (TPSA) is 101 Å². The zero-order valence-electron chi connectivity index (χ0n) is 16.9. The minimum Gasteiger partial charge on any atom is -0.363 e. The van der Waals surface area contributed by atoms with Crippen molar-refractivity contribution < 1.29 is 18.1 Å². The predicted molar refractivity (Wildman–Crippen MR) is 118 cm³/mol. The summed E-state index contributed by atoms with van der Waals surface area (Å²) in [5.74, 6) is -0.249. The molecule has 3 aromatic rings. The van der Waals surface area contributed by atoms with Crippen molar-refractivity contribution in [3.05, 3.63) is 76.3 Å². The number of hydrogen-bond donors (Lipinski definition) is 0. The van der Waals surface area contributed by atoms with E-state index in [9.17, 15) is 23.3 Å². The Bertz CT molecular complexity index is 1280. The number of rotatable bonds is 5. The lowest BCUT2D eigenvalue weighted by Gasteiger charge is -2.35. The predicted octanol–water partition coefficient (Wildman–Crippen LogP) is 3.46. The van der Waals surface area contributed by atoms with Crippen LogP contribution in [0, 0.1) is 10.1 Å². The van der Waals surface area contributed by atoms with Gasteiger partial charge < -0.3 is 4.90 Å². The molecule has 0 spiro atoms. The molecule has 31 heavy (non-hydrogen) atoms. The highest BCUT2D eigenvalue weighted by Crippen LogP contribution is 2.31. The number of nitro benzene ring substituents is 1.